The van der Waals surface area contributed by atoms with E-state index in [1.807, 2.05) is 6.92 Å². The van der Waals surface area contributed by atoms with Crippen LogP contribution < -0.4 is 0 Å². The summed E-state index contributed by atoms with van der Waals surface area (Å²) in [6.07, 6.45) is 3.19. The van der Waals surface area contributed by atoms with Crippen LogP contribution in [0.3, 0.4) is 0 Å². The summed E-state index contributed by atoms with van der Waals surface area (Å²) in [6, 6.07) is 0. The summed E-state index contributed by atoms with van der Waals surface area (Å²) in [5.74, 6) is 0.147. The molecule has 2 nitrogen and oxygen atoms in total. The van der Waals surface area contributed by atoms with Crippen LogP contribution in [0.1, 0.15) is 26.2 Å². The molecule has 0 atom stereocenters. The molecule has 62 valence electrons. The molecule has 0 radical (unpaired) electrons. The fourth-order valence-corrected chi connectivity index (χ4v) is 0.956. The van der Waals surface area contributed by atoms with Crippen molar-refractivity contribution in [3.05, 3.63) is 12.2 Å². The summed E-state index contributed by atoms with van der Waals surface area (Å²) >= 11 is 0. The van der Waals surface area contributed by atoms with E-state index in [0.717, 1.165) is 18.4 Å². The molecule has 1 aliphatic rings. The number of rotatable bonds is 3. The van der Waals surface area contributed by atoms with Gasteiger partial charge in [-0.05, 0) is 25.3 Å². The minimum absolute atomic E-state index is 0.0424. The lowest BCUT2D eigenvalue weighted by Gasteiger charge is -2.22. The van der Waals surface area contributed by atoms with Crippen LogP contribution in [0.25, 0.3) is 0 Å². The third-order valence-electron chi connectivity index (χ3n) is 1.90. The van der Waals surface area contributed by atoms with E-state index in [2.05, 4.69) is 6.58 Å². The minimum atomic E-state index is -0.0424. The summed E-state index contributed by atoms with van der Waals surface area (Å²) in [5.41, 5.74) is 0.901. The first-order valence-corrected chi connectivity index (χ1v) is 4.01. The van der Waals surface area contributed by atoms with Gasteiger partial charge in [0.1, 0.15) is 6.61 Å². The van der Waals surface area contributed by atoms with E-state index in [1.54, 1.807) is 0 Å². The van der Waals surface area contributed by atoms with Crippen molar-refractivity contribution in [2.75, 3.05) is 6.61 Å². The summed E-state index contributed by atoms with van der Waals surface area (Å²) in [5, 5.41) is 0. The first-order valence-electron chi connectivity index (χ1n) is 4.01. The van der Waals surface area contributed by atoms with Crippen LogP contribution in [-0.2, 0) is 9.53 Å². The third-order valence-corrected chi connectivity index (χ3v) is 1.90. The molecule has 0 saturated heterocycles. The van der Waals surface area contributed by atoms with E-state index in [1.165, 1.54) is 6.42 Å². The summed E-state index contributed by atoms with van der Waals surface area (Å²) in [6.45, 7) is 5.89. The average molecular weight is 154 g/mol. The van der Waals surface area contributed by atoms with E-state index in [0.29, 0.717) is 6.61 Å². The number of hydrogen-bond acceptors (Lipinski definition) is 2. The molecule has 0 aliphatic heterocycles. The largest absolute Gasteiger partial charge is 0.461 e. The maximum Gasteiger partial charge on any atom is 0.309 e. The Bertz CT molecular complexity index is 168. The van der Waals surface area contributed by atoms with Gasteiger partial charge in [0.2, 0.25) is 0 Å². The molecule has 0 bridgehead atoms. The van der Waals surface area contributed by atoms with Gasteiger partial charge in [-0.1, -0.05) is 13.0 Å². The van der Waals surface area contributed by atoms with Crippen LogP contribution in [0.15, 0.2) is 12.2 Å². The number of esters is 1. The van der Waals surface area contributed by atoms with Gasteiger partial charge in [-0.2, -0.15) is 0 Å². The number of carbonyl (C=O) groups excluding carboxylic acids is 1. The van der Waals surface area contributed by atoms with Crippen molar-refractivity contribution in [1.82, 2.24) is 0 Å². The van der Waals surface area contributed by atoms with Crippen molar-refractivity contribution in [2.45, 2.75) is 26.2 Å². The topological polar surface area (TPSA) is 26.3 Å². The molecule has 2 heteroatoms. The second-order valence-corrected chi connectivity index (χ2v) is 3.19. The summed E-state index contributed by atoms with van der Waals surface area (Å²) in [4.78, 5) is 11.1. The van der Waals surface area contributed by atoms with E-state index in [9.17, 15) is 4.79 Å². The van der Waals surface area contributed by atoms with Gasteiger partial charge in [-0.15, -0.1) is 0 Å². The van der Waals surface area contributed by atoms with Gasteiger partial charge in [-0.25, -0.2) is 0 Å². The highest BCUT2D eigenvalue weighted by atomic mass is 16.5. The highest BCUT2D eigenvalue weighted by Crippen LogP contribution is 2.27. The molecule has 1 rings (SSSR count). The van der Waals surface area contributed by atoms with E-state index < -0.39 is 0 Å². The molecule has 1 saturated carbocycles. The van der Waals surface area contributed by atoms with Gasteiger partial charge in [0, 0.05) is 0 Å². The molecule has 0 aromatic rings. The predicted molar refractivity (Wildman–Crippen MR) is 43.1 cm³/mol. The van der Waals surface area contributed by atoms with Crippen molar-refractivity contribution in [3.8, 4) is 0 Å². The molecule has 1 fully saturated rings. The van der Waals surface area contributed by atoms with Gasteiger partial charge < -0.3 is 4.74 Å². The van der Waals surface area contributed by atoms with Crippen molar-refractivity contribution in [1.29, 1.82) is 0 Å². The monoisotopic (exact) mass is 154 g/mol. The SMILES string of the molecule is C=C(C)COC(=O)C1CCC1. The molecule has 0 amide bonds. The van der Waals surface area contributed by atoms with Crippen LogP contribution >= 0.6 is 0 Å². The van der Waals surface area contributed by atoms with Crippen molar-refractivity contribution < 1.29 is 9.53 Å². The normalized spacial score (nSPS) is 17.2. The van der Waals surface area contributed by atoms with Crippen molar-refractivity contribution in [3.63, 3.8) is 0 Å². The zero-order valence-electron chi connectivity index (χ0n) is 6.93. The second kappa shape index (κ2) is 3.56. The standard InChI is InChI=1S/C9H14O2/c1-7(2)6-11-9(10)8-4-3-5-8/h8H,1,3-6H2,2H3. The fourth-order valence-electron chi connectivity index (χ4n) is 0.956. The number of hydrogen-bond donors (Lipinski definition) is 0. The van der Waals surface area contributed by atoms with Gasteiger partial charge in [0.15, 0.2) is 0 Å². The van der Waals surface area contributed by atoms with Gasteiger partial charge >= 0.3 is 5.97 Å². The van der Waals surface area contributed by atoms with Crippen molar-refractivity contribution >= 4 is 5.97 Å². The van der Waals surface area contributed by atoms with Crippen LogP contribution in [0.5, 0.6) is 0 Å². The Morgan fingerprint density at radius 2 is 2.27 bits per heavy atom. The molecular formula is C9H14O2. The van der Waals surface area contributed by atoms with E-state index >= 15 is 0 Å². The molecule has 0 heterocycles. The highest BCUT2D eigenvalue weighted by Gasteiger charge is 2.26. The summed E-state index contributed by atoms with van der Waals surface area (Å²) < 4.78 is 4.97. The van der Waals surface area contributed by atoms with Crippen LogP contribution in [0.4, 0.5) is 0 Å². The number of ether oxygens (including phenoxy) is 1. The molecular weight excluding hydrogens is 140 g/mol. The maximum atomic E-state index is 11.1. The van der Waals surface area contributed by atoms with Crippen molar-refractivity contribution in [2.24, 2.45) is 5.92 Å². The maximum absolute atomic E-state index is 11.1. The molecule has 0 unspecified atom stereocenters. The minimum Gasteiger partial charge on any atom is -0.461 e. The smallest absolute Gasteiger partial charge is 0.309 e. The van der Waals surface area contributed by atoms with E-state index in [-0.39, 0.29) is 11.9 Å². The van der Waals surface area contributed by atoms with Gasteiger partial charge in [0.25, 0.3) is 0 Å². The van der Waals surface area contributed by atoms with Gasteiger partial charge in [-0.3, -0.25) is 4.79 Å². The molecule has 0 N–H and O–H groups in total. The lowest BCUT2D eigenvalue weighted by molar-refractivity contribution is -0.150. The third kappa shape index (κ3) is 2.37. The molecule has 1 aliphatic carbocycles. The zero-order valence-corrected chi connectivity index (χ0v) is 6.93. The van der Waals surface area contributed by atoms with Gasteiger partial charge in [0.05, 0.1) is 5.92 Å². The Morgan fingerprint density at radius 1 is 1.64 bits per heavy atom. The first-order chi connectivity index (χ1) is 5.20. The zero-order chi connectivity index (χ0) is 8.27. The van der Waals surface area contributed by atoms with Crippen LogP contribution in [0, 0.1) is 5.92 Å². The second-order valence-electron chi connectivity index (χ2n) is 3.19. The Balaban J connectivity index is 2.15. The highest BCUT2D eigenvalue weighted by molar-refractivity contribution is 5.73. The van der Waals surface area contributed by atoms with Crippen LogP contribution in [-0.4, -0.2) is 12.6 Å². The Morgan fingerprint density at radius 3 is 2.64 bits per heavy atom. The Hall–Kier alpha value is -0.790. The first kappa shape index (κ1) is 8.31. The lowest BCUT2D eigenvalue weighted by Crippen LogP contribution is -2.24. The number of carbonyl (C=O) groups is 1. The molecule has 0 aromatic heterocycles. The molecule has 0 spiro atoms. The lowest BCUT2D eigenvalue weighted by atomic mass is 9.86. The van der Waals surface area contributed by atoms with Crippen LogP contribution in [0.2, 0.25) is 0 Å². The Labute approximate surface area is 67.2 Å². The Kier molecular flexibility index (Phi) is 2.69. The molecule has 0 aromatic carbocycles. The van der Waals surface area contributed by atoms with E-state index in [4.69, 9.17) is 4.74 Å². The molecule has 11 heavy (non-hydrogen) atoms. The fraction of sp³-hybridized carbons (Fsp3) is 0.667. The predicted octanol–water partition coefficient (Wildman–Crippen LogP) is 1.91. The quantitative estimate of drug-likeness (QED) is 0.458. The average Bonchev–Trinajstić information content (AvgIpc) is 1.79. The summed E-state index contributed by atoms with van der Waals surface area (Å²) in [7, 11) is 0.